The maximum atomic E-state index is 13.7. The number of benzene rings is 3. The number of nitrogens with one attached hydrogen (secondary N) is 1. The summed E-state index contributed by atoms with van der Waals surface area (Å²) in [5.74, 6) is 0.509. The average molecular weight is 459 g/mol. The summed E-state index contributed by atoms with van der Waals surface area (Å²) in [5, 5.41) is 3.03. The summed E-state index contributed by atoms with van der Waals surface area (Å²) in [5.41, 5.74) is 4.01. The number of hydrogen-bond acceptors (Lipinski definition) is 3. The lowest BCUT2D eigenvalue weighted by Gasteiger charge is -2.32. The molecule has 0 heterocycles. The summed E-state index contributed by atoms with van der Waals surface area (Å²) in [4.78, 5) is 28.8. The Balaban J connectivity index is 1.96. The van der Waals surface area contributed by atoms with Crippen LogP contribution in [0.1, 0.15) is 36.1 Å². The SMILES string of the molecule is COc1ccc(CC(=O)N(Cc2ccccc2C)[C@H](Cc2ccccc2)C(=O)NC(C)C)cc1. The first kappa shape index (κ1) is 25.0. The molecule has 5 nitrogen and oxygen atoms in total. The van der Waals surface area contributed by atoms with Crippen LogP contribution in [0.5, 0.6) is 5.75 Å². The third kappa shape index (κ3) is 6.95. The van der Waals surface area contributed by atoms with Crippen molar-refractivity contribution in [1.82, 2.24) is 10.2 Å². The molecular weight excluding hydrogens is 424 g/mol. The van der Waals surface area contributed by atoms with Gasteiger partial charge in [0, 0.05) is 19.0 Å². The van der Waals surface area contributed by atoms with E-state index in [0.29, 0.717) is 13.0 Å². The molecule has 0 radical (unpaired) electrons. The van der Waals surface area contributed by atoms with Gasteiger partial charge in [0.05, 0.1) is 13.5 Å². The molecule has 0 aromatic heterocycles. The fourth-order valence-electron chi connectivity index (χ4n) is 3.93. The van der Waals surface area contributed by atoms with E-state index in [0.717, 1.165) is 28.0 Å². The summed E-state index contributed by atoms with van der Waals surface area (Å²) in [6.07, 6.45) is 0.649. The molecule has 0 saturated carbocycles. The molecular formula is C29H34N2O3. The van der Waals surface area contributed by atoms with Crippen LogP contribution >= 0.6 is 0 Å². The Bertz CT molecular complexity index is 1080. The molecule has 0 aliphatic rings. The first-order chi connectivity index (χ1) is 16.4. The van der Waals surface area contributed by atoms with Crippen molar-refractivity contribution in [3.63, 3.8) is 0 Å². The average Bonchev–Trinajstić information content (AvgIpc) is 2.83. The molecule has 0 fully saturated rings. The Labute approximate surface area is 202 Å². The van der Waals surface area contributed by atoms with Crippen LogP contribution in [0.15, 0.2) is 78.9 Å². The normalized spacial score (nSPS) is 11.7. The fourth-order valence-corrected chi connectivity index (χ4v) is 3.93. The van der Waals surface area contributed by atoms with E-state index in [1.54, 1.807) is 12.0 Å². The molecule has 2 amide bonds. The van der Waals surface area contributed by atoms with E-state index in [4.69, 9.17) is 4.74 Å². The van der Waals surface area contributed by atoms with Crippen molar-refractivity contribution in [1.29, 1.82) is 0 Å². The first-order valence-electron chi connectivity index (χ1n) is 11.7. The van der Waals surface area contributed by atoms with Gasteiger partial charge in [0.25, 0.3) is 0 Å². The molecule has 3 aromatic rings. The van der Waals surface area contributed by atoms with Crippen molar-refractivity contribution in [2.24, 2.45) is 0 Å². The lowest BCUT2D eigenvalue weighted by atomic mass is 10.00. The van der Waals surface area contributed by atoms with Gasteiger partial charge in [-0.2, -0.15) is 0 Å². The van der Waals surface area contributed by atoms with E-state index < -0.39 is 6.04 Å². The number of methoxy groups -OCH3 is 1. The Morgan fingerprint density at radius 2 is 1.53 bits per heavy atom. The van der Waals surface area contributed by atoms with Crippen LogP contribution in [0, 0.1) is 6.92 Å². The zero-order valence-corrected chi connectivity index (χ0v) is 20.5. The van der Waals surface area contributed by atoms with Gasteiger partial charge in [-0.05, 0) is 55.2 Å². The monoisotopic (exact) mass is 458 g/mol. The number of hydrogen-bond donors (Lipinski definition) is 1. The minimum atomic E-state index is -0.629. The summed E-state index contributed by atoms with van der Waals surface area (Å²) in [6, 6.07) is 24.7. The second-order valence-corrected chi connectivity index (χ2v) is 8.84. The highest BCUT2D eigenvalue weighted by Crippen LogP contribution is 2.19. The summed E-state index contributed by atoms with van der Waals surface area (Å²) in [7, 11) is 1.62. The highest BCUT2D eigenvalue weighted by molar-refractivity contribution is 5.89. The Morgan fingerprint density at radius 3 is 2.15 bits per heavy atom. The Kier molecular flexibility index (Phi) is 8.86. The summed E-state index contributed by atoms with van der Waals surface area (Å²) in [6.45, 7) is 6.26. The Hall–Kier alpha value is -3.60. The molecule has 1 N–H and O–H groups in total. The summed E-state index contributed by atoms with van der Waals surface area (Å²) < 4.78 is 5.24. The van der Waals surface area contributed by atoms with Gasteiger partial charge >= 0.3 is 0 Å². The largest absolute Gasteiger partial charge is 0.497 e. The zero-order chi connectivity index (χ0) is 24.5. The number of aryl methyl sites for hydroxylation is 1. The van der Waals surface area contributed by atoms with Gasteiger partial charge in [-0.3, -0.25) is 9.59 Å². The number of carbonyl (C=O) groups excluding carboxylic acids is 2. The quantitative estimate of drug-likeness (QED) is 0.479. The van der Waals surface area contributed by atoms with E-state index >= 15 is 0 Å². The van der Waals surface area contributed by atoms with Crippen molar-refractivity contribution in [3.8, 4) is 5.75 Å². The van der Waals surface area contributed by atoms with Crippen LogP contribution in [0.25, 0.3) is 0 Å². The van der Waals surface area contributed by atoms with Gasteiger partial charge in [0.1, 0.15) is 11.8 Å². The van der Waals surface area contributed by atoms with Crippen molar-refractivity contribution < 1.29 is 14.3 Å². The molecule has 34 heavy (non-hydrogen) atoms. The van der Waals surface area contributed by atoms with E-state index in [1.165, 1.54) is 0 Å². The number of ether oxygens (including phenoxy) is 1. The van der Waals surface area contributed by atoms with Crippen LogP contribution in [-0.4, -0.2) is 35.9 Å². The number of rotatable bonds is 10. The molecule has 0 aliphatic heterocycles. The predicted octanol–water partition coefficient (Wildman–Crippen LogP) is 4.71. The van der Waals surface area contributed by atoms with E-state index in [9.17, 15) is 9.59 Å². The van der Waals surface area contributed by atoms with E-state index in [-0.39, 0.29) is 24.3 Å². The molecule has 178 valence electrons. The van der Waals surface area contributed by atoms with Crippen LogP contribution in [-0.2, 0) is 29.0 Å². The zero-order valence-electron chi connectivity index (χ0n) is 20.5. The van der Waals surface area contributed by atoms with Crippen molar-refractivity contribution in [2.45, 2.75) is 52.2 Å². The highest BCUT2D eigenvalue weighted by atomic mass is 16.5. The molecule has 0 bridgehead atoms. The molecule has 0 saturated heterocycles. The third-order valence-corrected chi connectivity index (χ3v) is 5.82. The highest BCUT2D eigenvalue weighted by Gasteiger charge is 2.31. The number of carbonyl (C=O) groups is 2. The molecule has 5 heteroatoms. The molecule has 0 spiro atoms. The van der Waals surface area contributed by atoms with Gasteiger partial charge in [-0.25, -0.2) is 0 Å². The third-order valence-electron chi connectivity index (χ3n) is 5.82. The summed E-state index contributed by atoms with van der Waals surface area (Å²) >= 11 is 0. The van der Waals surface area contributed by atoms with Crippen molar-refractivity contribution >= 4 is 11.8 Å². The number of nitrogens with zero attached hydrogens (tertiary/aromatic N) is 1. The maximum absolute atomic E-state index is 13.7. The molecule has 0 unspecified atom stereocenters. The van der Waals surface area contributed by atoms with Crippen LogP contribution in [0.3, 0.4) is 0 Å². The van der Waals surface area contributed by atoms with Crippen molar-refractivity contribution in [3.05, 3.63) is 101 Å². The number of amides is 2. The van der Waals surface area contributed by atoms with Gasteiger partial charge in [-0.15, -0.1) is 0 Å². The van der Waals surface area contributed by atoms with Crippen LogP contribution < -0.4 is 10.1 Å². The first-order valence-corrected chi connectivity index (χ1v) is 11.7. The smallest absolute Gasteiger partial charge is 0.243 e. The van der Waals surface area contributed by atoms with Gasteiger partial charge in [0.2, 0.25) is 11.8 Å². The molecule has 3 rings (SSSR count). The lowest BCUT2D eigenvalue weighted by Crippen LogP contribution is -2.52. The fraction of sp³-hybridized carbons (Fsp3) is 0.310. The second-order valence-electron chi connectivity index (χ2n) is 8.84. The molecule has 1 atom stereocenters. The van der Waals surface area contributed by atoms with Gasteiger partial charge in [-0.1, -0.05) is 66.7 Å². The minimum absolute atomic E-state index is 0.0252. The van der Waals surface area contributed by atoms with Crippen molar-refractivity contribution in [2.75, 3.05) is 7.11 Å². The minimum Gasteiger partial charge on any atom is -0.497 e. The van der Waals surface area contributed by atoms with Crippen LogP contribution in [0.2, 0.25) is 0 Å². The Morgan fingerprint density at radius 1 is 0.882 bits per heavy atom. The maximum Gasteiger partial charge on any atom is 0.243 e. The van der Waals surface area contributed by atoms with E-state index in [1.807, 2.05) is 99.6 Å². The van der Waals surface area contributed by atoms with E-state index in [2.05, 4.69) is 5.32 Å². The predicted molar refractivity (Wildman–Crippen MR) is 136 cm³/mol. The second kappa shape index (κ2) is 12.0. The standard InChI is InChI=1S/C29H34N2O3/c1-21(2)30-29(33)27(18-23-11-6-5-7-12-23)31(20-25-13-9-8-10-22(25)3)28(32)19-24-14-16-26(34-4)17-15-24/h5-17,21,27H,18-20H2,1-4H3,(H,30,33)/t27-/m1/s1. The lowest BCUT2D eigenvalue weighted by molar-refractivity contribution is -0.141. The molecule has 0 aliphatic carbocycles. The van der Waals surface area contributed by atoms with Crippen LogP contribution in [0.4, 0.5) is 0 Å². The van der Waals surface area contributed by atoms with Gasteiger partial charge < -0.3 is 15.0 Å². The molecule has 3 aromatic carbocycles. The topological polar surface area (TPSA) is 58.6 Å². The van der Waals surface area contributed by atoms with Gasteiger partial charge in [0.15, 0.2) is 0 Å².